The highest BCUT2D eigenvalue weighted by Crippen LogP contribution is 2.43. The second-order valence-electron chi connectivity index (χ2n) is 14.7. The zero-order valence-corrected chi connectivity index (χ0v) is 34.7. The molecule has 0 amide bonds. The molecule has 0 heterocycles. The van der Waals surface area contributed by atoms with Crippen LogP contribution in [0, 0.1) is 0 Å². The highest BCUT2D eigenvalue weighted by Gasteiger charge is 2.26. The van der Waals surface area contributed by atoms with E-state index in [0.29, 0.717) is 6.61 Å². The van der Waals surface area contributed by atoms with Crippen LogP contribution < -0.4 is 0 Å². The SMILES string of the molecule is CCCCC/C=C\CCCCCCCC(=O)OC(COCCCCCCCCCCCCCCCCCCCCC)COP(=O)(O)OCC(O)CO. The molecule has 0 fully saturated rings. The molecule has 9 nitrogen and oxygen atoms in total. The van der Waals surface area contributed by atoms with Crippen molar-refractivity contribution in [2.75, 3.05) is 33.0 Å². The van der Waals surface area contributed by atoms with Crippen LogP contribution >= 0.6 is 7.82 Å². The van der Waals surface area contributed by atoms with Crippen LogP contribution in [-0.2, 0) is 27.9 Å². The molecule has 0 saturated carbocycles. The summed E-state index contributed by atoms with van der Waals surface area (Å²) in [6.45, 7) is 3.52. The fraction of sp³-hybridized carbons (Fsp3) is 0.929. The largest absolute Gasteiger partial charge is 0.472 e. The number of carbonyl (C=O) groups is 1. The van der Waals surface area contributed by atoms with Crippen LogP contribution in [0.25, 0.3) is 0 Å². The summed E-state index contributed by atoms with van der Waals surface area (Å²) in [6.07, 6.45) is 38.9. The van der Waals surface area contributed by atoms with Crippen molar-refractivity contribution < 1.29 is 43.0 Å². The van der Waals surface area contributed by atoms with Gasteiger partial charge in [0.05, 0.1) is 26.4 Å². The van der Waals surface area contributed by atoms with E-state index >= 15 is 0 Å². The van der Waals surface area contributed by atoms with Crippen molar-refractivity contribution in [2.45, 2.75) is 219 Å². The minimum atomic E-state index is -4.51. The molecule has 3 N–H and O–H groups in total. The second kappa shape index (κ2) is 39.9. The Morgan fingerprint density at radius 3 is 1.48 bits per heavy atom. The van der Waals surface area contributed by atoms with Gasteiger partial charge in [-0.15, -0.1) is 0 Å². The number of allylic oxidation sites excluding steroid dienone is 2. The van der Waals surface area contributed by atoms with Crippen molar-refractivity contribution in [3.8, 4) is 0 Å². The molecule has 0 aliphatic heterocycles. The summed E-state index contributed by atoms with van der Waals surface area (Å²) in [5.74, 6) is -0.389. The number of carbonyl (C=O) groups excluding carboxylic acids is 1. The number of aliphatic hydroxyl groups excluding tert-OH is 2. The molecule has 0 radical (unpaired) electrons. The van der Waals surface area contributed by atoms with Gasteiger partial charge in [-0.1, -0.05) is 174 Å². The lowest BCUT2D eigenvalue weighted by molar-refractivity contribution is -0.154. The highest BCUT2D eigenvalue weighted by atomic mass is 31.2. The third-order valence-electron chi connectivity index (χ3n) is 9.45. The number of ether oxygens (including phenoxy) is 2. The Labute approximate surface area is 320 Å². The summed E-state index contributed by atoms with van der Waals surface area (Å²) < 4.78 is 33.3. The Hall–Kier alpha value is -0.800. The summed E-state index contributed by atoms with van der Waals surface area (Å²) in [5, 5.41) is 18.3. The summed E-state index contributed by atoms with van der Waals surface area (Å²) in [4.78, 5) is 22.5. The number of phosphoric acid groups is 1. The zero-order valence-electron chi connectivity index (χ0n) is 33.8. The molecule has 0 aliphatic carbocycles. The van der Waals surface area contributed by atoms with Gasteiger partial charge in [-0.2, -0.15) is 0 Å². The van der Waals surface area contributed by atoms with Crippen molar-refractivity contribution in [2.24, 2.45) is 0 Å². The van der Waals surface area contributed by atoms with Crippen molar-refractivity contribution in [1.82, 2.24) is 0 Å². The fourth-order valence-electron chi connectivity index (χ4n) is 6.12. The number of phosphoric ester groups is 1. The van der Waals surface area contributed by atoms with Gasteiger partial charge < -0.3 is 24.6 Å². The van der Waals surface area contributed by atoms with E-state index in [1.807, 2.05) is 0 Å². The Morgan fingerprint density at radius 1 is 0.577 bits per heavy atom. The van der Waals surface area contributed by atoms with E-state index in [0.717, 1.165) is 51.4 Å². The van der Waals surface area contributed by atoms with Gasteiger partial charge in [0.1, 0.15) is 12.2 Å². The fourth-order valence-corrected chi connectivity index (χ4v) is 6.91. The quantitative estimate of drug-likeness (QED) is 0.0241. The maximum Gasteiger partial charge on any atom is 0.472 e. The molecule has 0 aromatic rings. The molecule has 0 bridgehead atoms. The Morgan fingerprint density at radius 2 is 0.981 bits per heavy atom. The lowest BCUT2D eigenvalue weighted by Gasteiger charge is -2.20. The molecule has 10 heteroatoms. The van der Waals surface area contributed by atoms with Gasteiger partial charge in [-0.25, -0.2) is 4.57 Å². The van der Waals surface area contributed by atoms with Crippen LogP contribution in [0.3, 0.4) is 0 Å². The molecular formula is C42H83O9P. The molecule has 0 aromatic heterocycles. The van der Waals surface area contributed by atoms with Gasteiger partial charge >= 0.3 is 13.8 Å². The first-order valence-corrected chi connectivity index (χ1v) is 23.2. The lowest BCUT2D eigenvalue weighted by atomic mass is 10.0. The van der Waals surface area contributed by atoms with E-state index in [2.05, 4.69) is 26.0 Å². The van der Waals surface area contributed by atoms with Gasteiger partial charge in [0, 0.05) is 13.0 Å². The van der Waals surface area contributed by atoms with Crippen LogP contribution in [-0.4, -0.2) is 66.3 Å². The molecule has 0 aromatic carbocycles. The first kappa shape index (κ1) is 51.2. The van der Waals surface area contributed by atoms with E-state index in [9.17, 15) is 19.4 Å². The molecule has 0 spiro atoms. The highest BCUT2D eigenvalue weighted by molar-refractivity contribution is 7.47. The minimum Gasteiger partial charge on any atom is -0.457 e. The van der Waals surface area contributed by atoms with Crippen molar-refractivity contribution in [3.05, 3.63) is 12.2 Å². The van der Waals surface area contributed by atoms with Gasteiger partial charge in [0.2, 0.25) is 0 Å². The monoisotopic (exact) mass is 763 g/mol. The molecular weight excluding hydrogens is 679 g/mol. The first-order chi connectivity index (χ1) is 25.3. The molecule has 0 saturated heterocycles. The van der Waals surface area contributed by atoms with Crippen LogP contribution in [0.2, 0.25) is 0 Å². The smallest absolute Gasteiger partial charge is 0.457 e. The maximum atomic E-state index is 12.6. The average molecular weight is 763 g/mol. The summed E-state index contributed by atoms with van der Waals surface area (Å²) in [5.41, 5.74) is 0. The third kappa shape index (κ3) is 38.9. The van der Waals surface area contributed by atoms with Crippen molar-refractivity contribution in [3.63, 3.8) is 0 Å². The number of unbranched alkanes of at least 4 members (excludes halogenated alkanes) is 26. The molecule has 52 heavy (non-hydrogen) atoms. The summed E-state index contributed by atoms with van der Waals surface area (Å²) in [7, 11) is -4.51. The lowest BCUT2D eigenvalue weighted by Crippen LogP contribution is -2.29. The Bertz CT molecular complexity index is 825. The molecule has 310 valence electrons. The molecule has 0 rings (SSSR count). The topological polar surface area (TPSA) is 132 Å². The van der Waals surface area contributed by atoms with Gasteiger partial charge in [0.25, 0.3) is 0 Å². The van der Waals surface area contributed by atoms with Gasteiger partial charge in [-0.3, -0.25) is 13.8 Å². The van der Waals surface area contributed by atoms with Gasteiger partial charge in [-0.05, 0) is 38.5 Å². The summed E-state index contributed by atoms with van der Waals surface area (Å²) in [6, 6.07) is 0. The van der Waals surface area contributed by atoms with Gasteiger partial charge in [0.15, 0.2) is 0 Å². The number of aliphatic hydroxyl groups is 2. The van der Waals surface area contributed by atoms with E-state index < -0.39 is 33.2 Å². The van der Waals surface area contributed by atoms with E-state index in [1.165, 1.54) is 135 Å². The van der Waals surface area contributed by atoms with E-state index in [4.69, 9.17) is 23.6 Å². The number of hydrogen-bond donors (Lipinski definition) is 3. The van der Waals surface area contributed by atoms with Crippen LogP contribution in [0.15, 0.2) is 12.2 Å². The van der Waals surface area contributed by atoms with Crippen molar-refractivity contribution in [1.29, 1.82) is 0 Å². The second-order valence-corrected chi connectivity index (χ2v) is 16.2. The maximum absolute atomic E-state index is 12.6. The van der Waals surface area contributed by atoms with E-state index in [-0.39, 0.29) is 25.6 Å². The average Bonchev–Trinajstić information content (AvgIpc) is 3.13. The van der Waals surface area contributed by atoms with Crippen LogP contribution in [0.4, 0.5) is 0 Å². The third-order valence-corrected chi connectivity index (χ3v) is 10.4. The first-order valence-electron chi connectivity index (χ1n) is 21.7. The van der Waals surface area contributed by atoms with E-state index in [1.54, 1.807) is 0 Å². The number of hydrogen-bond acceptors (Lipinski definition) is 8. The normalized spacial score (nSPS) is 14.2. The minimum absolute atomic E-state index is 0.0516. The molecule has 3 unspecified atom stereocenters. The summed E-state index contributed by atoms with van der Waals surface area (Å²) >= 11 is 0. The Balaban J connectivity index is 4.09. The zero-order chi connectivity index (χ0) is 38.2. The van der Waals surface area contributed by atoms with Crippen LogP contribution in [0.1, 0.15) is 206 Å². The standard InChI is InChI=1S/C42H83O9P/c1-3-5-7-9-11-13-15-17-18-19-20-21-22-23-25-27-29-31-33-35-48-38-41(39-50-52(46,47)49-37-40(44)36-43)51-42(45)34-32-30-28-26-24-16-14-12-10-8-6-4-2/h12,14,40-41,43-44H,3-11,13,15-39H2,1-2H3,(H,46,47)/b14-12-. The predicted octanol–water partition coefficient (Wildman–Crippen LogP) is 11.7. The molecule has 0 aliphatic rings. The number of esters is 1. The predicted molar refractivity (Wildman–Crippen MR) is 215 cm³/mol. The number of rotatable bonds is 42. The molecule has 3 atom stereocenters. The Kier molecular flexibility index (Phi) is 39.3. The van der Waals surface area contributed by atoms with Crippen molar-refractivity contribution >= 4 is 13.8 Å². The van der Waals surface area contributed by atoms with Crippen LogP contribution in [0.5, 0.6) is 0 Å².